The minimum atomic E-state index is 0.153. The number of nitrogens with zero attached hydrogens (tertiary/aromatic N) is 1. The van der Waals surface area contributed by atoms with Gasteiger partial charge in [0.05, 0.1) is 12.8 Å². The maximum absolute atomic E-state index is 5.67. The maximum Gasteiger partial charge on any atom is 0.137 e. The molecular weight excluding hydrogens is 236 g/mol. The molecule has 0 aliphatic carbocycles. The first kappa shape index (κ1) is 16.0. The molecule has 0 aliphatic heterocycles. The van der Waals surface area contributed by atoms with Crippen molar-refractivity contribution in [2.24, 2.45) is 5.41 Å². The molecule has 3 nitrogen and oxygen atoms in total. The van der Waals surface area contributed by atoms with Crippen LogP contribution in [0.3, 0.4) is 0 Å². The SMILES string of the molecule is CCCNC(c1cncc(OCCC)c1)C(C)(C)C. The van der Waals surface area contributed by atoms with E-state index in [1.165, 1.54) is 5.56 Å². The number of nitrogens with one attached hydrogen (secondary N) is 1. The van der Waals surface area contributed by atoms with Crippen LogP contribution >= 0.6 is 0 Å². The van der Waals surface area contributed by atoms with Crippen LogP contribution in [0.4, 0.5) is 0 Å². The second-order valence-corrected chi connectivity index (χ2v) is 6.06. The Labute approximate surface area is 117 Å². The van der Waals surface area contributed by atoms with Crippen molar-refractivity contribution in [3.05, 3.63) is 24.0 Å². The summed E-state index contributed by atoms with van der Waals surface area (Å²) in [6.45, 7) is 12.8. The minimum absolute atomic E-state index is 0.153. The van der Waals surface area contributed by atoms with Gasteiger partial charge in [0.1, 0.15) is 5.75 Å². The Morgan fingerprint density at radius 1 is 1.21 bits per heavy atom. The summed E-state index contributed by atoms with van der Waals surface area (Å²) in [7, 11) is 0. The van der Waals surface area contributed by atoms with E-state index < -0.39 is 0 Å². The van der Waals surface area contributed by atoms with Crippen molar-refractivity contribution in [2.45, 2.75) is 53.5 Å². The van der Waals surface area contributed by atoms with Crippen LogP contribution in [0.2, 0.25) is 0 Å². The molecule has 0 spiro atoms. The largest absolute Gasteiger partial charge is 0.492 e. The van der Waals surface area contributed by atoms with Crippen molar-refractivity contribution in [1.82, 2.24) is 10.3 Å². The number of rotatable bonds is 7. The Morgan fingerprint density at radius 2 is 1.95 bits per heavy atom. The molecule has 0 fully saturated rings. The summed E-state index contributed by atoms with van der Waals surface area (Å²) in [5.74, 6) is 0.867. The highest BCUT2D eigenvalue weighted by Crippen LogP contribution is 2.33. The van der Waals surface area contributed by atoms with Gasteiger partial charge in [0.25, 0.3) is 0 Å². The number of hydrogen-bond acceptors (Lipinski definition) is 3. The molecule has 1 N–H and O–H groups in total. The van der Waals surface area contributed by atoms with Crippen molar-refractivity contribution in [1.29, 1.82) is 0 Å². The van der Waals surface area contributed by atoms with Crippen LogP contribution in [-0.4, -0.2) is 18.1 Å². The van der Waals surface area contributed by atoms with Gasteiger partial charge in [-0.2, -0.15) is 0 Å². The van der Waals surface area contributed by atoms with Crippen LogP contribution in [0.1, 0.15) is 59.1 Å². The van der Waals surface area contributed by atoms with Gasteiger partial charge in [-0.15, -0.1) is 0 Å². The van der Waals surface area contributed by atoms with E-state index >= 15 is 0 Å². The third-order valence-corrected chi connectivity index (χ3v) is 3.00. The number of pyridine rings is 1. The normalized spacial score (nSPS) is 13.3. The van der Waals surface area contributed by atoms with E-state index in [2.05, 4.69) is 51.0 Å². The molecule has 3 heteroatoms. The van der Waals surface area contributed by atoms with Crippen LogP contribution in [0.5, 0.6) is 5.75 Å². The topological polar surface area (TPSA) is 34.2 Å². The van der Waals surface area contributed by atoms with Crippen LogP contribution in [0.15, 0.2) is 18.5 Å². The molecule has 0 saturated carbocycles. The van der Waals surface area contributed by atoms with E-state index in [9.17, 15) is 0 Å². The van der Waals surface area contributed by atoms with Gasteiger partial charge in [0.15, 0.2) is 0 Å². The lowest BCUT2D eigenvalue weighted by Gasteiger charge is -2.32. The lowest BCUT2D eigenvalue weighted by molar-refractivity contribution is 0.270. The molecule has 1 aromatic rings. The summed E-state index contributed by atoms with van der Waals surface area (Å²) in [6.07, 6.45) is 5.88. The quantitative estimate of drug-likeness (QED) is 0.809. The molecular formula is C16H28N2O. The van der Waals surface area contributed by atoms with Crippen molar-refractivity contribution >= 4 is 0 Å². The van der Waals surface area contributed by atoms with Gasteiger partial charge in [0, 0.05) is 12.2 Å². The third kappa shape index (κ3) is 5.19. The first-order chi connectivity index (χ1) is 8.99. The Bertz CT molecular complexity index is 371. The second kappa shape index (κ2) is 7.49. The molecule has 0 aliphatic rings. The van der Waals surface area contributed by atoms with Crippen molar-refractivity contribution in [3.63, 3.8) is 0 Å². The first-order valence-corrected chi connectivity index (χ1v) is 7.30. The summed E-state index contributed by atoms with van der Waals surface area (Å²) in [6, 6.07) is 2.41. The van der Waals surface area contributed by atoms with E-state index in [-0.39, 0.29) is 5.41 Å². The van der Waals surface area contributed by atoms with Gasteiger partial charge in [-0.3, -0.25) is 4.98 Å². The minimum Gasteiger partial charge on any atom is -0.492 e. The van der Waals surface area contributed by atoms with Gasteiger partial charge in [-0.05, 0) is 36.4 Å². The Kier molecular flexibility index (Phi) is 6.29. The highest BCUT2D eigenvalue weighted by molar-refractivity contribution is 5.27. The van der Waals surface area contributed by atoms with Crippen molar-refractivity contribution < 1.29 is 4.74 Å². The lowest BCUT2D eigenvalue weighted by atomic mass is 9.83. The van der Waals surface area contributed by atoms with E-state index in [0.717, 1.165) is 31.7 Å². The number of aromatic nitrogens is 1. The Morgan fingerprint density at radius 3 is 2.53 bits per heavy atom. The van der Waals surface area contributed by atoms with Crippen molar-refractivity contribution in [2.75, 3.05) is 13.2 Å². The molecule has 0 amide bonds. The van der Waals surface area contributed by atoms with E-state index in [4.69, 9.17) is 4.74 Å². The molecule has 0 bridgehead atoms. The molecule has 1 atom stereocenters. The second-order valence-electron chi connectivity index (χ2n) is 6.06. The predicted octanol–water partition coefficient (Wildman–Crippen LogP) is 3.96. The molecule has 1 aromatic heterocycles. The average Bonchev–Trinajstić information content (AvgIpc) is 2.36. The van der Waals surface area contributed by atoms with E-state index in [0.29, 0.717) is 6.04 Å². The molecule has 0 aromatic carbocycles. The fourth-order valence-corrected chi connectivity index (χ4v) is 2.11. The van der Waals surface area contributed by atoms with Crippen LogP contribution in [0.25, 0.3) is 0 Å². The lowest BCUT2D eigenvalue weighted by Crippen LogP contribution is -2.32. The van der Waals surface area contributed by atoms with Gasteiger partial charge in [-0.25, -0.2) is 0 Å². The predicted molar refractivity (Wildman–Crippen MR) is 80.5 cm³/mol. The smallest absolute Gasteiger partial charge is 0.137 e. The third-order valence-electron chi connectivity index (χ3n) is 3.00. The van der Waals surface area contributed by atoms with Gasteiger partial charge >= 0.3 is 0 Å². The van der Waals surface area contributed by atoms with Gasteiger partial charge in [0.2, 0.25) is 0 Å². The fraction of sp³-hybridized carbons (Fsp3) is 0.688. The van der Waals surface area contributed by atoms with Crippen LogP contribution < -0.4 is 10.1 Å². The molecule has 1 heterocycles. The highest BCUT2D eigenvalue weighted by atomic mass is 16.5. The standard InChI is InChI=1S/C16H28N2O/c1-6-8-18-15(16(3,4)5)13-10-14(12-17-11-13)19-9-7-2/h10-12,15,18H,6-9H2,1-5H3. The molecule has 1 unspecified atom stereocenters. The average molecular weight is 264 g/mol. The van der Waals surface area contributed by atoms with E-state index in [1.54, 1.807) is 6.20 Å². The summed E-state index contributed by atoms with van der Waals surface area (Å²) < 4.78 is 5.67. The number of hydrogen-bond donors (Lipinski definition) is 1. The summed E-state index contributed by atoms with van der Waals surface area (Å²) in [4.78, 5) is 4.32. The zero-order chi connectivity index (χ0) is 14.3. The Balaban J connectivity index is 2.88. The zero-order valence-electron chi connectivity index (χ0n) is 13.0. The van der Waals surface area contributed by atoms with Crippen LogP contribution in [-0.2, 0) is 0 Å². The Hall–Kier alpha value is -1.09. The summed E-state index contributed by atoms with van der Waals surface area (Å²) in [5, 5.41) is 3.61. The molecule has 19 heavy (non-hydrogen) atoms. The summed E-state index contributed by atoms with van der Waals surface area (Å²) in [5.41, 5.74) is 1.36. The van der Waals surface area contributed by atoms with E-state index in [1.807, 2.05) is 6.20 Å². The monoisotopic (exact) mass is 264 g/mol. The molecule has 0 radical (unpaired) electrons. The zero-order valence-corrected chi connectivity index (χ0v) is 13.0. The first-order valence-electron chi connectivity index (χ1n) is 7.30. The van der Waals surface area contributed by atoms with Gasteiger partial charge < -0.3 is 10.1 Å². The van der Waals surface area contributed by atoms with Crippen molar-refractivity contribution in [3.8, 4) is 5.75 Å². The van der Waals surface area contributed by atoms with Gasteiger partial charge in [-0.1, -0.05) is 34.6 Å². The molecule has 0 saturated heterocycles. The number of ether oxygens (including phenoxy) is 1. The van der Waals surface area contributed by atoms with Crippen LogP contribution in [0, 0.1) is 5.41 Å². The summed E-state index contributed by atoms with van der Waals surface area (Å²) >= 11 is 0. The fourth-order valence-electron chi connectivity index (χ4n) is 2.11. The highest BCUT2D eigenvalue weighted by Gasteiger charge is 2.26. The molecule has 1 rings (SSSR count). The maximum atomic E-state index is 5.67. The molecule has 108 valence electrons.